The lowest BCUT2D eigenvalue weighted by molar-refractivity contribution is -0.137. The Morgan fingerprint density at radius 2 is 2.11 bits per heavy atom. The third-order valence-electron chi connectivity index (χ3n) is 2.35. The van der Waals surface area contributed by atoms with Crippen molar-refractivity contribution in [2.45, 2.75) is 6.18 Å². The van der Waals surface area contributed by atoms with E-state index in [0.717, 1.165) is 12.1 Å². The van der Waals surface area contributed by atoms with E-state index < -0.39 is 11.7 Å². The highest BCUT2D eigenvalue weighted by molar-refractivity contribution is 5.87. The molecular weight excluding hydrogens is 257 g/mol. The molecule has 0 fully saturated rings. The third kappa shape index (κ3) is 3.01. The van der Waals surface area contributed by atoms with E-state index in [9.17, 15) is 13.2 Å². The molecule has 0 aliphatic carbocycles. The van der Waals surface area contributed by atoms with E-state index >= 15 is 0 Å². The summed E-state index contributed by atoms with van der Waals surface area (Å²) in [4.78, 5) is 0. The van der Waals surface area contributed by atoms with Gasteiger partial charge in [0, 0.05) is 6.07 Å². The Balaban J connectivity index is 2.40. The van der Waals surface area contributed by atoms with Crippen molar-refractivity contribution in [3.05, 3.63) is 53.4 Å². The van der Waals surface area contributed by atoms with Crippen LogP contribution in [0.4, 0.5) is 13.2 Å². The maximum atomic E-state index is 12.5. The molecule has 3 nitrogen and oxygen atoms in total. The van der Waals surface area contributed by atoms with Gasteiger partial charge in [-0.2, -0.15) is 18.4 Å². The van der Waals surface area contributed by atoms with E-state index in [1.54, 1.807) is 0 Å². The Morgan fingerprint density at radius 3 is 2.68 bits per heavy atom. The summed E-state index contributed by atoms with van der Waals surface area (Å²) in [5, 5.41) is 12.4. The van der Waals surface area contributed by atoms with Crippen LogP contribution in [-0.4, -0.2) is 5.16 Å². The molecule has 2 rings (SSSR count). The summed E-state index contributed by atoms with van der Waals surface area (Å²) in [6.07, 6.45) is -1.74. The average Bonchev–Trinajstić information content (AvgIpc) is 2.89. The smallest absolute Gasteiger partial charge is 0.356 e. The maximum Gasteiger partial charge on any atom is 0.416 e. The van der Waals surface area contributed by atoms with Gasteiger partial charge in [-0.3, -0.25) is 0 Å². The van der Waals surface area contributed by atoms with Crippen LogP contribution in [0.15, 0.2) is 41.1 Å². The minimum absolute atomic E-state index is 0.108. The molecule has 1 aromatic heterocycles. The monoisotopic (exact) mass is 264 g/mol. The zero-order valence-corrected chi connectivity index (χ0v) is 9.48. The quantitative estimate of drug-likeness (QED) is 0.776. The first-order valence-corrected chi connectivity index (χ1v) is 5.21. The number of aromatic nitrogens is 1. The molecule has 0 amide bonds. The molecule has 19 heavy (non-hydrogen) atoms. The number of nitriles is 1. The molecule has 0 saturated carbocycles. The van der Waals surface area contributed by atoms with Crippen molar-refractivity contribution in [2.75, 3.05) is 0 Å². The molecule has 0 spiro atoms. The summed E-state index contributed by atoms with van der Waals surface area (Å²) in [5.41, 5.74) is -0.393. The molecule has 0 radical (unpaired) electrons. The first-order valence-electron chi connectivity index (χ1n) is 5.21. The Kier molecular flexibility index (Phi) is 3.38. The normalized spacial score (nSPS) is 12.2. The summed E-state index contributed by atoms with van der Waals surface area (Å²) < 4.78 is 42.4. The summed E-state index contributed by atoms with van der Waals surface area (Å²) in [6, 6.07) is 8.01. The van der Waals surface area contributed by atoms with E-state index in [1.165, 1.54) is 30.5 Å². The Hall–Kier alpha value is -2.55. The number of nitrogens with zero attached hydrogens (tertiary/aromatic N) is 2. The van der Waals surface area contributed by atoms with Gasteiger partial charge in [0.1, 0.15) is 6.07 Å². The average molecular weight is 264 g/mol. The maximum absolute atomic E-state index is 12.5. The molecule has 0 aliphatic heterocycles. The first-order chi connectivity index (χ1) is 9.00. The van der Waals surface area contributed by atoms with E-state index in [0.29, 0.717) is 0 Å². The van der Waals surface area contributed by atoms with Crippen LogP contribution >= 0.6 is 0 Å². The van der Waals surface area contributed by atoms with Crippen LogP contribution in [0.2, 0.25) is 0 Å². The fourth-order valence-corrected chi connectivity index (χ4v) is 1.48. The fraction of sp³-hybridized carbons (Fsp3) is 0.0769. The van der Waals surface area contributed by atoms with Gasteiger partial charge in [-0.05, 0) is 23.8 Å². The first kappa shape index (κ1) is 12.9. The lowest BCUT2D eigenvalue weighted by Crippen LogP contribution is -2.04. The van der Waals surface area contributed by atoms with Crippen molar-refractivity contribution >= 4 is 11.6 Å². The molecule has 0 saturated heterocycles. The van der Waals surface area contributed by atoms with Crippen LogP contribution in [-0.2, 0) is 6.18 Å². The van der Waals surface area contributed by atoms with E-state index in [2.05, 4.69) is 5.16 Å². The number of halogens is 3. The molecule has 0 bridgehead atoms. The number of rotatable bonds is 2. The summed E-state index contributed by atoms with van der Waals surface area (Å²) in [6.45, 7) is 0. The van der Waals surface area contributed by atoms with Crippen molar-refractivity contribution in [1.82, 2.24) is 5.16 Å². The lowest BCUT2D eigenvalue weighted by Gasteiger charge is -2.06. The molecule has 96 valence electrons. The summed E-state index contributed by atoms with van der Waals surface area (Å²) >= 11 is 0. The number of hydrogen-bond acceptors (Lipinski definition) is 3. The number of allylic oxidation sites excluding steroid dienone is 1. The molecule has 0 unspecified atom stereocenters. The molecule has 1 heterocycles. The second-order valence-electron chi connectivity index (χ2n) is 3.67. The number of benzene rings is 1. The van der Waals surface area contributed by atoms with Crippen molar-refractivity contribution in [3.63, 3.8) is 0 Å². The zero-order chi connectivity index (χ0) is 13.9. The van der Waals surface area contributed by atoms with Crippen LogP contribution in [0.3, 0.4) is 0 Å². The standard InChI is InChI=1S/C13H7F3N2O/c14-13(15,16)11-3-1-2-9(7-11)6-10(8-17)12-4-5-18-19-12/h1-7H. The molecule has 0 aliphatic rings. The Morgan fingerprint density at radius 1 is 1.32 bits per heavy atom. The van der Waals surface area contributed by atoms with Gasteiger partial charge in [-0.15, -0.1) is 0 Å². The Bertz CT molecular complexity index is 637. The molecule has 2 aromatic rings. The highest BCUT2D eigenvalue weighted by atomic mass is 19.4. The SMILES string of the molecule is N#CC(=Cc1cccc(C(F)(F)F)c1)c1ccno1. The highest BCUT2D eigenvalue weighted by Crippen LogP contribution is 2.30. The van der Waals surface area contributed by atoms with Crippen molar-refractivity contribution in [3.8, 4) is 6.07 Å². The van der Waals surface area contributed by atoms with Gasteiger partial charge in [0.2, 0.25) is 0 Å². The van der Waals surface area contributed by atoms with Crippen LogP contribution < -0.4 is 0 Å². The van der Waals surface area contributed by atoms with E-state index in [4.69, 9.17) is 9.78 Å². The van der Waals surface area contributed by atoms with Gasteiger partial charge in [0.05, 0.1) is 17.3 Å². The van der Waals surface area contributed by atoms with Gasteiger partial charge in [0.25, 0.3) is 0 Å². The van der Waals surface area contributed by atoms with Crippen LogP contribution in [0.1, 0.15) is 16.9 Å². The highest BCUT2D eigenvalue weighted by Gasteiger charge is 2.30. The predicted molar refractivity (Wildman–Crippen MR) is 61.4 cm³/mol. The Labute approximate surface area is 106 Å². The number of alkyl halides is 3. The molecule has 1 aromatic carbocycles. The lowest BCUT2D eigenvalue weighted by atomic mass is 10.1. The second-order valence-corrected chi connectivity index (χ2v) is 3.67. The van der Waals surface area contributed by atoms with Crippen molar-refractivity contribution in [2.24, 2.45) is 0 Å². The summed E-state index contributed by atoms with van der Waals surface area (Å²) in [7, 11) is 0. The predicted octanol–water partition coefficient (Wildman–Crippen LogP) is 3.76. The van der Waals surface area contributed by atoms with Crippen LogP contribution in [0, 0.1) is 11.3 Å². The minimum atomic E-state index is -4.41. The summed E-state index contributed by atoms with van der Waals surface area (Å²) in [5.74, 6) is 0.208. The van der Waals surface area contributed by atoms with Crippen LogP contribution in [0.25, 0.3) is 11.6 Å². The van der Waals surface area contributed by atoms with E-state index in [-0.39, 0.29) is 16.9 Å². The van der Waals surface area contributed by atoms with Gasteiger partial charge >= 0.3 is 6.18 Å². The molecule has 0 atom stereocenters. The van der Waals surface area contributed by atoms with Crippen molar-refractivity contribution in [1.29, 1.82) is 5.26 Å². The fourth-order valence-electron chi connectivity index (χ4n) is 1.48. The second kappa shape index (κ2) is 4.98. The van der Waals surface area contributed by atoms with Gasteiger partial charge in [-0.1, -0.05) is 17.3 Å². The van der Waals surface area contributed by atoms with Gasteiger partial charge in [-0.25, -0.2) is 0 Å². The topological polar surface area (TPSA) is 49.8 Å². The van der Waals surface area contributed by atoms with Gasteiger partial charge < -0.3 is 4.52 Å². The molecular formula is C13H7F3N2O. The molecule has 0 N–H and O–H groups in total. The number of hydrogen-bond donors (Lipinski definition) is 0. The van der Waals surface area contributed by atoms with Gasteiger partial charge in [0.15, 0.2) is 5.76 Å². The third-order valence-corrected chi connectivity index (χ3v) is 2.35. The van der Waals surface area contributed by atoms with Crippen LogP contribution in [0.5, 0.6) is 0 Å². The van der Waals surface area contributed by atoms with E-state index in [1.807, 2.05) is 6.07 Å². The molecule has 6 heteroatoms. The van der Waals surface area contributed by atoms with Crippen molar-refractivity contribution < 1.29 is 17.7 Å². The largest absolute Gasteiger partial charge is 0.416 e. The minimum Gasteiger partial charge on any atom is -0.356 e. The zero-order valence-electron chi connectivity index (χ0n) is 9.48.